The topological polar surface area (TPSA) is 0 Å². The van der Waals surface area contributed by atoms with Gasteiger partial charge in [0.15, 0.2) is 0 Å². The van der Waals surface area contributed by atoms with E-state index < -0.39 is 10.0 Å². The van der Waals surface area contributed by atoms with Gasteiger partial charge in [-0.2, -0.15) is 10.0 Å². The molecule has 0 aliphatic carbocycles. The molecule has 96 valence electrons. The lowest BCUT2D eigenvalue weighted by Gasteiger charge is -2.32. The van der Waals surface area contributed by atoms with Crippen LogP contribution in [0.2, 0.25) is 0 Å². The van der Waals surface area contributed by atoms with Gasteiger partial charge in [-0.1, -0.05) is 72.8 Å². The molecule has 1 heterocycles. The summed E-state index contributed by atoms with van der Waals surface area (Å²) in [5, 5.41) is 4.85. The molecule has 1 heteroatoms. The zero-order valence-corrected chi connectivity index (χ0v) is 11.7. The van der Waals surface area contributed by atoms with Gasteiger partial charge in [0.2, 0.25) is 0 Å². The summed E-state index contributed by atoms with van der Waals surface area (Å²) in [6, 6.07) is 21.6. The number of hydrogen-bond acceptors (Lipinski definition) is 0. The minimum atomic E-state index is -0.828. The van der Waals surface area contributed by atoms with Crippen LogP contribution >= 0.6 is 10.0 Å². The fourth-order valence-electron chi connectivity index (χ4n) is 2.46. The van der Waals surface area contributed by atoms with Crippen molar-refractivity contribution in [3.05, 3.63) is 94.8 Å². The van der Waals surface area contributed by atoms with Gasteiger partial charge in [0.25, 0.3) is 0 Å². The minimum Gasteiger partial charge on any atom is -0.193 e. The number of benzene rings is 2. The van der Waals surface area contributed by atoms with E-state index >= 15 is 0 Å². The van der Waals surface area contributed by atoms with E-state index in [9.17, 15) is 0 Å². The number of allylic oxidation sites excluding steroid dienone is 2. The molecule has 0 N–H and O–H groups in total. The maximum Gasteiger partial charge on any atom is 0.00961 e. The van der Waals surface area contributed by atoms with E-state index in [1.807, 2.05) is 0 Å². The van der Waals surface area contributed by atoms with Crippen LogP contribution in [0.5, 0.6) is 0 Å². The standard InChI is InChI=1S/C18H18S/c1-3-9-17(10-4-1)15-19(13-7-8-14-19)16-18-11-5-2-6-12-18/h1-14H,15-16H2. The second kappa shape index (κ2) is 5.50. The SMILES string of the molecule is C1=CS(Cc2ccccc2)(Cc2ccccc2)C=C1. The first kappa shape index (κ1) is 12.3. The molecule has 0 aromatic heterocycles. The van der Waals surface area contributed by atoms with Crippen molar-refractivity contribution in [3.63, 3.8) is 0 Å². The number of rotatable bonds is 4. The van der Waals surface area contributed by atoms with Crippen molar-refractivity contribution < 1.29 is 0 Å². The number of hydrogen-bond donors (Lipinski definition) is 0. The van der Waals surface area contributed by atoms with Gasteiger partial charge >= 0.3 is 0 Å². The second-order valence-corrected chi connectivity index (χ2v) is 8.06. The van der Waals surface area contributed by atoms with Gasteiger partial charge in [-0.15, -0.1) is 0 Å². The fourth-order valence-corrected chi connectivity index (χ4v) is 5.47. The van der Waals surface area contributed by atoms with Crippen molar-refractivity contribution in [1.29, 1.82) is 0 Å². The van der Waals surface area contributed by atoms with Gasteiger partial charge in [-0.25, -0.2) is 0 Å². The van der Waals surface area contributed by atoms with Gasteiger partial charge in [-0.3, -0.25) is 0 Å². The summed E-state index contributed by atoms with van der Waals surface area (Å²) in [5.74, 6) is 2.30. The zero-order valence-electron chi connectivity index (χ0n) is 10.9. The normalized spacial score (nSPS) is 17.5. The fraction of sp³-hybridized carbons (Fsp3) is 0.111. The molecular formula is C18H18S. The highest BCUT2D eigenvalue weighted by Gasteiger charge is 2.21. The van der Waals surface area contributed by atoms with Crippen LogP contribution in [0.4, 0.5) is 0 Å². The van der Waals surface area contributed by atoms with Crippen LogP contribution in [0.3, 0.4) is 0 Å². The van der Waals surface area contributed by atoms with Gasteiger partial charge < -0.3 is 0 Å². The molecule has 3 rings (SSSR count). The molecule has 0 saturated carbocycles. The molecule has 2 aromatic carbocycles. The van der Waals surface area contributed by atoms with E-state index in [0.717, 1.165) is 11.5 Å². The molecule has 0 saturated heterocycles. The summed E-state index contributed by atoms with van der Waals surface area (Å²) in [5.41, 5.74) is 2.87. The molecule has 2 aromatic rings. The van der Waals surface area contributed by atoms with Crippen molar-refractivity contribution in [2.45, 2.75) is 11.5 Å². The Morgan fingerprint density at radius 1 is 0.579 bits per heavy atom. The average Bonchev–Trinajstić information content (AvgIpc) is 2.89. The first-order valence-corrected chi connectivity index (χ1v) is 8.67. The molecule has 0 amide bonds. The summed E-state index contributed by atoms with van der Waals surface area (Å²) in [4.78, 5) is 0. The van der Waals surface area contributed by atoms with Crippen LogP contribution in [-0.2, 0) is 11.5 Å². The smallest absolute Gasteiger partial charge is 0.00961 e. The highest BCUT2D eigenvalue weighted by Crippen LogP contribution is 2.58. The Balaban J connectivity index is 1.84. The second-order valence-electron chi connectivity index (χ2n) is 4.92. The first-order chi connectivity index (χ1) is 9.36. The molecule has 0 spiro atoms. The zero-order chi connectivity index (χ0) is 13.0. The van der Waals surface area contributed by atoms with E-state index in [-0.39, 0.29) is 0 Å². The van der Waals surface area contributed by atoms with Crippen molar-refractivity contribution in [1.82, 2.24) is 0 Å². The maximum atomic E-state index is 2.42. The third-order valence-corrected chi connectivity index (χ3v) is 6.51. The Morgan fingerprint density at radius 3 is 1.42 bits per heavy atom. The van der Waals surface area contributed by atoms with Gasteiger partial charge in [0.05, 0.1) is 0 Å². The lowest BCUT2D eigenvalue weighted by atomic mass is 10.2. The summed E-state index contributed by atoms with van der Waals surface area (Å²) in [6.45, 7) is 0. The largest absolute Gasteiger partial charge is 0.193 e. The summed E-state index contributed by atoms with van der Waals surface area (Å²) < 4.78 is 0. The molecule has 1 aliphatic heterocycles. The van der Waals surface area contributed by atoms with Crippen LogP contribution in [0.1, 0.15) is 11.1 Å². The molecule has 0 fully saturated rings. The van der Waals surface area contributed by atoms with Crippen molar-refractivity contribution in [3.8, 4) is 0 Å². The molecule has 19 heavy (non-hydrogen) atoms. The summed E-state index contributed by atoms with van der Waals surface area (Å²) in [7, 11) is -0.828. The lowest BCUT2D eigenvalue weighted by molar-refractivity contribution is 1.34. The quantitative estimate of drug-likeness (QED) is 0.710. The first-order valence-electron chi connectivity index (χ1n) is 6.58. The lowest BCUT2D eigenvalue weighted by Crippen LogP contribution is -2.00. The van der Waals surface area contributed by atoms with Crippen LogP contribution < -0.4 is 0 Å². The van der Waals surface area contributed by atoms with E-state index in [0.29, 0.717) is 0 Å². The van der Waals surface area contributed by atoms with E-state index in [4.69, 9.17) is 0 Å². The minimum absolute atomic E-state index is 0.828. The highest BCUT2D eigenvalue weighted by atomic mass is 32.3. The molecule has 0 bridgehead atoms. The van der Waals surface area contributed by atoms with E-state index in [2.05, 4.69) is 83.6 Å². The van der Waals surface area contributed by atoms with Gasteiger partial charge in [-0.05, 0) is 21.9 Å². The average molecular weight is 266 g/mol. The Kier molecular flexibility index (Phi) is 3.56. The Bertz CT molecular complexity index is 526. The molecule has 0 radical (unpaired) electrons. The Hall–Kier alpha value is -1.73. The highest BCUT2D eigenvalue weighted by molar-refractivity contribution is 8.37. The van der Waals surface area contributed by atoms with E-state index in [1.54, 1.807) is 0 Å². The van der Waals surface area contributed by atoms with Crippen molar-refractivity contribution >= 4 is 10.0 Å². The summed E-state index contributed by atoms with van der Waals surface area (Å²) in [6.07, 6.45) is 4.42. The third-order valence-electron chi connectivity index (χ3n) is 3.37. The maximum absolute atomic E-state index is 2.42. The summed E-state index contributed by atoms with van der Waals surface area (Å²) >= 11 is 0. The molecule has 0 atom stereocenters. The monoisotopic (exact) mass is 266 g/mol. The van der Waals surface area contributed by atoms with Crippen LogP contribution in [0, 0.1) is 0 Å². The van der Waals surface area contributed by atoms with Crippen LogP contribution in [0.15, 0.2) is 83.6 Å². The van der Waals surface area contributed by atoms with Crippen LogP contribution in [0.25, 0.3) is 0 Å². The van der Waals surface area contributed by atoms with Gasteiger partial charge in [0.1, 0.15) is 0 Å². The van der Waals surface area contributed by atoms with Crippen molar-refractivity contribution in [2.24, 2.45) is 0 Å². The van der Waals surface area contributed by atoms with Crippen LogP contribution in [-0.4, -0.2) is 0 Å². The molecular weight excluding hydrogens is 248 g/mol. The predicted molar refractivity (Wildman–Crippen MR) is 86.2 cm³/mol. The molecule has 0 nitrogen and oxygen atoms in total. The Labute approximate surface area is 116 Å². The molecule has 0 unspecified atom stereocenters. The predicted octanol–water partition coefficient (Wildman–Crippen LogP) is 5.23. The van der Waals surface area contributed by atoms with Gasteiger partial charge in [0, 0.05) is 11.5 Å². The Morgan fingerprint density at radius 2 is 1.00 bits per heavy atom. The van der Waals surface area contributed by atoms with Crippen molar-refractivity contribution in [2.75, 3.05) is 0 Å². The van der Waals surface area contributed by atoms with E-state index in [1.165, 1.54) is 11.1 Å². The molecule has 1 aliphatic rings. The third kappa shape index (κ3) is 2.99.